The predicted octanol–water partition coefficient (Wildman–Crippen LogP) is 4.35. The third-order valence-electron chi connectivity index (χ3n) is 4.62. The third kappa shape index (κ3) is 3.80. The standard InChI is InChI=1S/C20H16ClF3N2O3/c1-10-13(8-18(25)27)14-7-17(29-2)15(21)9-16(14)26(10)19(28)11-3-5-12(6-4-11)20(22,23)24/h3-7,9H,8H2,1-2H3,(H2,25,27). The molecule has 2 aromatic carbocycles. The number of nitrogens with zero attached hydrogens (tertiary/aromatic N) is 1. The summed E-state index contributed by atoms with van der Waals surface area (Å²) in [4.78, 5) is 24.6. The zero-order valence-electron chi connectivity index (χ0n) is 15.4. The Kier molecular flexibility index (Phi) is 5.32. The van der Waals surface area contributed by atoms with Crippen molar-refractivity contribution >= 4 is 34.3 Å². The van der Waals surface area contributed by atoms with Crippen molar-refractivity contribution in [2.75, 3.05) is 7.11 Å². The summed E-state index contributed by atoms with van der Waals surface area (Å²) in [5.74, 6) is -0.801. The van der Waals surface area contributed by atoms with Crippen LogP contribution in [-0.2, 0) is 17.4 Å². The number of hydrogen-bond donors (Lipinski definition) is 1. The van der Waals surface area contributed by atoms with Gasteiger partial charge in [0, 0.05) is 16.6 Å². The number of carbonyl (C=O) groups is 2. The second kappa shape index (κ2) is 7.44. The number of amides is 1. The average molecular weight is 425 g/mol. The summed E-state index contributed by atoms with van der Waals surface area (Å²) in [6.45, 7) is 1.63. The number of hydrogen-bond acceptors (Lipinski definition) is 3. The summed E-state index contributed by atoms with van der Waals surface area (Å²) < 4.78 is 44.9. The number of carbonyl (C=O) groups excluding carboxylic acids is 2. The van der Waals surface area contributed by atoms with E-state index in [1.165, 1.54) is 17.7 Å². The first-order valence-electron chi connectivity index (χ1n) is 8.42. The monoisotopic (exact) mass is 424 g/mol. The molecule has 0 aliphatic rings. The summed E-state index contributed by atoms with van der Waals surface area (Å²) in [6, 6.07) is 7.00. The Labute approximate surface area is 168 Å². The van der Waals surface area contributed by atoms with Gasteiger partial charge < -0.3 is 10.5 Å². The van der Waals surface area contributed by atoms with Crippen molar-refractivity contribution in [2.24, 2.45) is 5.73 Å². The molecule has 0 spiro atoms. The van der Waals surface area contributed by atoms with E-state index in [1.807, 2.05) is 0 Å². The van der Waals surface area contributed by atoms with Gasteiger partial charge in [-0.2, -0.15) is 13.2 Å². The highest BCUT2D eigenvalue weighted by Gasteiger charge is 2.30. The second-order valence-corrected chi connectivity index (χ2v) is 6.83. The van der Waals surface area contributed by atoms with Gasteiger partial charge in [0.1, 0.15) is 5.75 Å². The first kappa shape index (κ1) is 20.7. The Morgan fingerprint density at radius 3 is 2.31 bits per heavy atom. The minimum Gasteiger partial charge on any atom is -0.495 e. The van der Waals surface area contributed by atoms with E-state index in [9.17, 15) is 22.8 Å². The molecule has 1 heterocycles. The van der Waals surface area contributed by atoms with Crippen molar-refractivity contribution in [2.45, 2.75) is 19.5 Å². The zero-order chi connectivity index (χ0) is 21.5. The van der Waals surface area contributed by atoms with Gasteiger partial charge in [-0.3, -0.25) is 14.2 Å². The van der Waals surface area contributed by atoms with Gasteiger partial charge in [0.15, 0.2) is 0 Å². The van der Waals surface area contributed by atoms with Crippen LogP contribution in [0.15, 0.2) is 36.4 Å². The SMILES string of the molecule is COc1cc2c(CC(N)=O)c(C)n(C(=O)c3ccc(C(F)(F)F)cc3)c2cc1Cl. The average Bonchev–Trinajstić information content (AvgIpc) is 2.90. The van der Waals surface area contributed by atoms with Crippen LogP contribution in [0.2, 0.25) is 5.02 Å². The number of methoxy groups -OCH3 is 1. The number of ether oxygens (including phenoxy) is 1. The minimum atomic E-state index is -4.50. The first-order valence-corrected chi connectivity index (χ1v) is 8.80. The molecular formula is C20H16ClF3N2O3. The van der Waals surface area contributed by atoms with Crippen molar-refractivity contribution in [1.82, 2.24) is 4.57 Å². The highest BCUT2D eigenvalue weighted by Crippen LogP contribution is 2.36. The van der Waals surface area contributed by atoms with Crippen LogP contribution in [0.3, 0.4) is 0 Å². The van der Waals surface area contributed by atoms with E-state index in [4.69, 9.17) is 22.1 Å². The van der Waals surface area contributed by atoms with Crippen LogP contribution in [0.1, 0.15) is 27.2 Å². The van der Waals surface area contributed by atoms with Gasteiger partial charge in [0.2, 0.25) is 5.91 Å². The molecule has 3 aromatic rings. The summed E-state index contributed by atoms with van der Waals surface area (Å²) in [7, 11) is 1.43. The number of benzene rings is 2. The maximum absolute atomic E-state index is 13.1. The lowest BCUT2D eigenvalue weighted by atomic mass is 10.1. The van der Waals surface area contributed by atoms with Crippen LogP contribution in [0.4, 0.5) is 13.2 Å². The summed E-state index contributed by atoms with van der Waals surface area (Å²) in [5.41, 5.74) is 5.89. The molecule has 0 atom stereocenters. The van der Waals surface area contributed by atoms with Gasteiger partial charge in [0.25, 0.3) is 5.91 Å². The van der Waals surface area contributed by atoms with E-state index in [-0.39, 0.29) is 17.0 Å². The summed E-state index contributed by atoms with van der Waals surface area (Å²) in [5, 5.41) is 0.785. The van der Waals surface area contributed by atoms with Crippen LogP contribution >= 0.6 is 11.6 Å². The maximum Gasteiger partial charge on any atom is 0.416 e. The Morgan fingerprint density at radius 1 is 1.17 bits per heavy atom. The van der Waals surface area contributed by atoms with Crippen molar-refractivity contribution in [3.63, 3.8) is 0 Å². The fraction of sp³-hybridized carbons (Fsp3) is 0.200. The number of rotatable bonds is 4. The molecule has 0 fully saturated rings. The molecule has 0 aliphatic heterocycles. The van der Waals surface area contributed by atoms with Gasteiger partial charge in [-0.15, -0.1) is 0 Å². The van der Waals surface area contributed by atoms with E-state index in [2.05, 4.69) is 0 Å². The quantitative estimate of drug-likeness (QED) is 0.676. The normalized spacial score (nSPS) is 11.7. The molecule has 0 saturated heterocycles. The fourth-order valence-electron chi connectivity index (χ4n) is 3.23. The first-order chi connectivity index (χ1) is 13.5. The molecule has 152 valence electrons. The van der Waals surface area contributed by atoms with E-state index < -0.39 is 23.6 Å². The fourth-order valence-corrected chi connectivity index (χ4v) is 3.46. The van der Waals surface area contributed by atoms with Gasteiger partial charge in [-0.05, 0) is 48.9 Å². The van der Waals surface area contributed by atoms with Gasteiger partial charge >= 0.3 is 6.18 Å². The largest absolute Gasteiger partial charge is 0.495 e. The molecule has 0 unspecified atom stereocenters. The van der Waals surface area contributed by atoms with Crippen molar-refractivity contribution < 1.29 is 27.5 Å². The topological polar surface area (TPSA) is 74.3 Å². The van der Waals surface area contributed by atoms with Crippen molar-refractivity contribution in [3.05, 3.63) is 63.8 Å². The Balaban J connectivity index is 2.20. The van der Waals surface area contributed by atoms with Crippen LogP contribution in [-0.4, -0.2) is 23.5 Å². The molecule has 3 rings (SSSR count). The molecule has 29 heavy (non-hydrogen) atoms. The maximum atomic E-state index is 13.1. The van der Waals surface area contributed by atoms with Gasteiger partial charge in [-0.25, -0.2) is 0 Å². The lowest BCUT2D eigenvalue weighted by Gasteiger charge is -2.10. The molecule has 1 amide bonds. The minimum absolute atomic E-state index is 0.0514. The predicted molar refractivity (Wildman–Crippen MR) is 102 cm³/mol. The molecule has 9 heteroatoms. The van der Waals surface area contributed by atoms with E-state index in [0.29, 0.717) is 27.9 Å². The van der Waals surface area contributed by atoms with Gasteiger partial charge in [-0.1, -0.05) is 11.6 Å². The molecule has 5 nitrogen and oxygen atoms in total. The van der Waals surface area contributed by atoms with Crippen LogP contribution in [0.5, 0.6) is 5.75 Å². The molecule has 2 N–H and O–H groups in total. The number of alkyl halides is 3. The Hall–Kier alpha value is -3.00. The zero-order valence-corrected chi connectivity index (χ0v) is 16.2. The second-order valence-electron chi connectivity index (χ2n) is 6.43. The molecule has 0 aliphatic carbocycles. The van der Waals surface area contributed by atoms with Gasteiger partial charge in [0.05, 0.1) is 29.6 Å². The van der Waals surface area contributed by atoms with Crippen LogP contribution in [0.25, 0.3) is 10.9 Å². The lowest BCUT2D eigenvalue weighted by molar-refractivity contribution is -0.137. The number of fused-ring (bicyclic) bond motifs is 1. The van der Waals surface area contributed by atoms with Crippen molar-refractivity contribution in [1.29, 1.82) is 0 Å². The molecule has 0 bridgehead atoms. The Morgan fingerprint density at radius 2 is 1.79 bits per heavy atom. The van der Waals surface area contributed by atoms with Crippen LogP contribution < -0.4 is 10.5 Å². The van der Waals surface area contributed by atoms with E-state index in [0.717, 1.165) is 24.3 Å². The Bertz CT molecular complexity index is 1120. The lowest BCUT2D eigenvalue weighted by Crippen LogP contribution is -2.16. The van der Waals surface area contributed by atoms with E-state index >= 15 is 0 Å². The van der Waals surface area contributed by atoms with Crippen molar-refractivity contribution in [3.8, 4) is 5.75 Å². The number of aromatic nitrogens is 1. The number of halogens is 4. The number of nitrogens with two attached hydrogens (primary N) is 1. The summed E-state index contributed by atoms with van der Waals surface area (Å²) >= 11 is 6.20. The van der Waals surface area contributed by atoms with E-state index in [1.54, 1.807) is 13.0 Å². The summed E-state index contributed by atoms with van der Waals surface area (Å²) in [6.07, 6.45) is -4.63. The molecule has 0 saturated carbocycles. The smallest absolute Gasteiger partial charge is 0.416 e. The highest BCUT2D eigenvalue weighted by molar-refractivity contribution is 6.33. The molecule has 1 aromatic heterocycles. The molecular weight excluding hydrogens is 409 g/mol. The third-order valence-corrected chi connectivity index (χ3v) is 4.92. The van der Waals surface area contributed by atoms with Crippen LogP contribution in [0, 0.1) is 6.92 Å². The highest BCUT2D eigenvalue weighted by atomic mass is 35.5. The molecule has 0 radical (unpaired) electrons. The number of primary amides is 1.